The van der Waals surface area contributed by atoms with Crippen LogP contribution in [-0.2, 0) is 14.9 Å². The predicted octanol–water partition coefficient (Wildman–Crippen LogP) is 5.10. The Labute approximate surface area is 186 Å². The Morgan fingerprint density at radius 3 is 2.53 bits per heavy atom. The zero-order valence-corrected chi connectivity index (χ0v) is 19.4. The number of halogens is 1. The molecule has 0 bridgehead atoms. The molecule has 0 aromatic heterocycles. The quantitative estimate of drug-likeness (QED) is 0.232. The number of carbonyl (C=O) groups is 1. The lowest BCUT2D eigenvalue weighted by atomic mass is 9.81. The van der Waals surface area contributed by atoms with Crippen LogP contribution in [0.15, 0.2) is 36.4 Å². The van der Waals surface area contributed by atoms with E-state index in [1.54, 1.807) is 0 Å². The molecule has 0 radical (unpaired) electrons. The van der Waals surface area contributed by atoms with Crippen molar-refractivity contribution >= 4 is 17.6 Å². The number of hydrogen-bond donors (Lipinski definition) is 2. The molecule has 5 heteroatoms. The lowest BCUT2D eigenvalue weighted by molar-refractivity contribution is -0.147. The highest BCUT2D eigenvalue weighted by atomic mass is 35.5. The Hall–Kier alpha value is -1.36. The summed E-state index contributed by atoms with van der Waals surface area (Å²) in [5.74, 6) is 0.0241. The number of esters is 1. The summed E-state index contributed by atoms with van der Waals surface area (Å²) in [5, 5.41) is 20.2. The van der Waals surface area contributed by atoms with Gasteiger partial charge in [-0.2, -0.15) is 0 Å². The molecular formula is C25H37ClO4. The van der Waals surface area contributed by atoms with Gasteiger partial charge in [0.25, 0.3) is 0 Å². The third-order valence-corrected chi connectivity index (χ3v) is 6.47. The molecule has 1 aromatic carbocycles. The van der Waals surface area contributed by atoms with Gasteiger partial charge in [-0.1, -0.05) is 50.3 Å². The van der Waals surface area contributed by atoms with E-state index >= 15 is 0 Å². The van der Waals surface area contributed by atoms with Crippen LogP contribution in [0.25, 0.3) is 0 Å². The highest BCUT2D eigenvalue weighted by molar-refractivity contribution is 6.21. The number of benzene rings is 1. The Morgan fingerprint density at radius 2 is 1.93 bits per heavy atom. The lowest BCUT2D eigenvalue weighted by Gasteiger charge is -2.26. The molecule has 1 fully saturated rings. The molecule has 30 heavy (non-hydrogen) atoms. The van der Waals surface area contributed by atoms with Gasteiger partial charge in [0, 0.05) is 23.1 Å². The van der Waals surface area contributed by atoms with Crippen molar-refractivity contribution < 1.29 is 19.7 Å². The Kier molecular flexibility index (Phi) is 9.39. The molecular weight excluding hydrogens is 400 g/mol. The van der Waals surface area contributed by atoms with Gasteiger partial charge in [-0.15, -0.1) is 11.6 Å². The number of alkyl halides is 1. The molecule has 0 unspecified atom stereocenters. The summed E-state index contributed by atoms with van der Waals surface area (Å²) in [4.78, 5) is 11.6. The summed E-state index contributed by atoms with van der Waals surface area (Å²) in [6, 6.07) is 8.21. The molecule has 1 aliphatic rings. The maximum absolute atomic E-state index is 11.6. The molecule has 0 heterocycles. The SMILES string of the molecule is CC(C)OC(=O)CCCC=CC[C@@H]1[C@@H](c2ccc(C(C)(C)CO)cc2)[C@H](O)C[C@H]1Cl. The minimum atomic E-state index is -0.451. The molecule has 1 aromatic rings. The summed E-state index contributed by atoms with van der Waals surface area (Å²) in [6.45, 7) is 7.82. The van der Waals surface area contributed by atoms with Gasteiger partial charge in [0.15, 0.2) is 0 Å². The van der Waals surface area contributed by atoms with Gasteiger partial charge in [0.1, 0.15) is 0 Å². The maximum Gasteiger partial charge on any atom is 0.306 e. The summed E-state index contributed by atoms with van der Waals surface area (Å²) in [7, 11) is 0. The van der Waals surface area contributed by atoms with Crippen LogP contribution >= 0.6 is 11.6 Å². The van der Waals surface area contributed by atoms with E-state index in [4.69, 9.17) is 16.3 Å². The maximum atomic E-state index is 11.6. The van der Waals surface area contributed by atoms with Crippen LogP contribution in [0.2, 0.25) is 0 Å². The average Bonchev–Trinajstić information content (AvgIpc) is 2.97. The van der Waals surface area contributed by atoms with Gasteiger partial charge in [-0.25, -0.2) is 0 Å². The fraction of sp³-hybridized carbons (Fsp3) is 0.640. The Bertz CT molecular complexity index is 696. The fourth-order valence-electron chi connectivity index (χ4n) is 4.13. The van der Waals surface area contributed by atoms with E-state index in [2.05, 4.69) is 24.3 Å². The topological polar surface area (TPSA) is 66.8 Å². The minimum Gasteiger partial charge on any atom is -0.463 e. The zero-order chi connectivity index (χ0) is 22.3. The third-order valence-electron chi connectivity index (χ3n) is 5.97. The number of aliphatic hydroxyl groups excluding tert-OH is 2. The van der Waals surface area contributed by atoms with E-state index < -0.39 is 6.10 Å². The number of carbonyl (C=O) groups excluding carboxylic acids is 1. The molecule has 0 amide bonds. The molecule has 1 aliphatic carbocycles. The number of rotatable bonds is 10. The Morgan fingerprint density at radius 1 is 1.27 bits per heavy atom. The molecule has 2 N–H and O–H groups in total. The molecule has 0 aliphatic heterocycles. The van der Waals surface area contributed by atoms with Crippen LogP contribution in [0.3, 0.4) is 0 Å². The van der Waals surface area contributed by atoms with Gasteiger partial charge < -0.3 is 14.9 Å². The second-order valence-corrected chi connectivity index (χ2v) is 9.87. The predicted molar refractivity (Wildman–Crippen MR) is 122 cm³/mol. The van der Waals surface area contributed by atoms with Crippen molar-refractivity contribution in [2.45, 2.75) is 88.7 Å². The van der Waals surface area contributed by atoms with Crippen molar-refractivity contribution in [2.75, 3.05) is 6.61 Å². The van der Waals surface area contributed by atoms with Gasteiger partial charge >= 0.3 is 5.97 Å². The van der Waals surface area contributed by atoms with E-state index in [9.17, 15) is 15.0 Å². The zero-order valence-electron chi connectivity index (χ0n) is 18.7. The highest BCUT2D eigenvalue weighted by Crippen LogP contribution is 2.45. The second-order valence-electron chi connectivity index (χ2n) is 9.31. The van der Waals surface area contributed by atoms with Crippen molar-refractivity contribution in [3.8, 4) is 0 Å². The van der Waals surface area contributed by atoms with Crippen LogP contribution in [-0.4, -0.2) is 40.4 Å². The molecule has 4 atom stereocenters. The van der Waals surface area contributed by atoms with Crippen molar-refractivity contribution in [3.05, 3.63) is 47.5 Å². The van der Waals surface area contributed by atoms with Crippen LogP contribution in [0.4, 0.5) is 0 Å². The van der Waals surface area contributed by atoms with Crippen LogP contribution in [0.1, 0.15) is 76.8 Å². The molecule has 1 saturated carbocycles. The number of unbranched alkanes of at least 4 members (excludes halogenated alkanes) is 1. The van der Waals surface area contributed by atoms with E-state index in [1.807, 2.05) is 39.8 Å². The Balaban J connectivity index is 1.94. The molecule has 4 nitrogen and oxygen atoms in total. The highest BCUT2D eigenvalue weighted by Gasteiger charge is 2.41. The first-order chi connectivity index (χ1) is 14.2. The van der Waals surface area contributed by atoms with Crippen LogP contribution < -0.4 is 0 Å². The second kappa shape index (κ2) is 11.3. The standard InChI is InChI=1S/C25H37ClO4/c1-17(2)30-23(29)10-8-6-5-7-9-20-21(26)15-22(28)24(20)18-11-13-19(14-12-18)25(3,4)16-27/h5,7,11-14,17,20-22,24,27-28H,6,8-10,15-16H2,1-4H3/t20-,21+,22+,24+/m0/s1. The monoisotopic (exact) mass is 436 g/mol. The van der Waals surface area contributed by atoms with E-state index in [0.29, 0.717) is 12.8 Å². The van der Waals surface area contributed by atoms with Gasteiger partial charge in [0.05, 0.1) is 18.8 Å². The minimum absolute atomic E-state index is 0.00413. The number of aliphatic hydroxyl groups is 2. The number of ether oxygens (including phenoxy) is 1. The summed E-state index contributed by atoms with van der Waals surface area (Å²) in [6.07, 6.45) is 7.13. The molecule has 0 saturated heterocycles. The van der Waals surface area contributed by atoms with Crippen molar-refractivity contribution in [3.63, 3.8) is 0 Å². The fourth-order valence-corrected chi connectivity index (χ4v) is 4.57. The van der Waals surface area contributed by atoms with E-state index in [1.165, 1.54) is 0 Å². The smallest absolute Gasteiger partial charge is 0.306 e. The van der Waals surface area contributed by atoms with Gasteiger partial charge in [-0.3, -0.25) is 4.79 Å². The number of allylic oxidation sites excluding steroid dienone is 2. The van der Waals surface area contributed by atoms with Gasteiger partial charge in [0.2, 0.25) is 0 Å². The first-order valence-corrected chi connectivity index (χ1v) is 11.5. The van der Waals surface area contributed by atoms with Crippen molar-refractivity contribution in [1.82, 2.24) is 0 Å². The third kappa shape index (κ3) is 6.83. The van der Waals surface area contributed by atoms with Crippen LogP contribution in [0.5, 0.6) is 0 Å². The largest absolute Gasteiger partial charge is 0.463 e. The molecule has 168 valence electrons. The molecule has 0 spiro atoms. The summed E-state index contributed by atoms with van der Waals surface area (Å²) in [5.41, 5.74) is 1.89. The van der Waals surface area contributed by atoms with Crippen molar-refractivity contribution in [2.24, 2.45) is 5.92 Å². The summed E-state index contributed by atoms with van der Waals surface area (Å²) < 4.78 is 5.14. The molecule has 2 rings (SSSR count). The van der Waals surface area contributed by atoms with Crippen LogP contribution in [0, 0.1) is 5.92 Å². The van der Waals surface area contributed by atoms with Crippen molar-refractivity contribution in [1.29, 1.82) is 0 Å². The first kappa shape index (κ1) is 24.9. The summed E-state index contributed by atoms with van der Waals surface area (Å²) >= 11 is 6.59. The first-order valence-electron chi connectivity index (χ1n) is 11.0. The van der Waals surface area contributed by atoms with E-state index in [0.717, 1.165) is 30.4 Å². The number of hydrogen-bond acceptors (Lipinski definition) is 4. The lowest BCUT2D eigenvalue weighted by Crippen LogP contribution is -2.22. The average molecular weight is 437 g/mol. The normalized spacial score (nSPS) is 24.7. The van der Waals surface area contributed by atoms with E-state index in [-0.39, 0.29) is 41.3 Å². The van der Waals surface area contributed by atoms with Gasteiger partial charge in [-0.05, 0) is 56.6 Å².